The number of halogens is 1. The molecule has 2 heterocycles. The number of nitrogens with zero attached hydrogens (tertiary/aromatic N) is 1. The van der Waals surface area contributed by atoms with Crippen LogP contribution in [0.15, 0.2) is 6.07 Å². The summed E-state index contributed by atoms with van der Waals surface area (Å²) < 4.78 is 11.8. The van der Waals surface area contributed by atoms with Crippen molar-refractivity contribution in [1.82, 2.24) is 4.90 Å². The van der Waals surface area contributed by atoms with Gasteiger partial charge in [-0.05, 0) is 50.9 Å². The molecule has 0 bridgehead atoms. The van der Waals surface area contributed by atoms with Gasteiger partial charge in [0.25, 0.3) is 5.91 Å². The van der Waals surface area contributed by atoms with Crippen molar-refractivity contribution in [2.75, 3.05) is 32.0 Å². The average Bonchev–Trinajstić information content (AvgIpc) is 2.58. The fraction of sp³-hybridized carbons (Fsp3) is 0.588. The number of benzene rings is 1. The molecule has 1 amide bonds. The van der Waals surface area contributed by atoms with Gasteiger partial charge in [0.2, 0.25) is 0 Å². The van der Waals surface area contributed by atoms with Crippen molar-refractivity contribution in [3.8, 4) is 11.5 Å². The number of ether oxygens (including phenoxy) is 2. The lowest BCUT2D eigenvalue weighted by molar-refractivity contribution is 0.0593. The first-order chi connectivity index (χ1) is 11.5. The van der Waals surface area contributed by atoms with E-state index in [0.29, 0.717) is 29.7 Å². The Labute approximate surface area is 147 Å². The highest BCUT2D eigenvalue weighted by atomic mass is 35.5. The summed E-state index contributed by atoms with van der Waals surface area (Å²) in [6.07, 6.45) is 3.16. The Balaban J connectivity index is 1.71. The number of carbonyl (C=O) groups excluding carboxylic acids is 1. The maximum Gasteiger partial charge on any atom is 0.252 e. The zero-order chi connectivity index (χ0) is 17.3. The fourth-order valence-corrected chi connectivity index (χ4v) is 3.66. The number of amides is 1. The van der Waals surface area contributed by atoms with Crippen LogP contribution in [0.5, 0.6) is 11.5 Å². The quantitative estimate of drug-likeness (QED) is 0.810. The van der Waals surface area contributed by atoms with Crippen LogP contribution >= 0.6 is 11.6 Å². The van der Waals surface area contributed by atoms with Crippen molar-refractivity contribution in [3.63, 3.8) is 0 Å². The number of carbonyl (C=O) groups is 1. The van der Waals surface area contributed by atoms with Crippen LogP contribution in [0.25, 0.3) is 0 Å². The maximum absolute atomic E-state index is 11.6. The minimum atomic E-state index is -0.609. The van der Waals surface area contributed by atoms with Crippen LogP contribution in [0.4, 0.5) is 5.69 Å². The van der Waals surface area contributed by atoms with Gasteiger partial charge >= 0.3 is 0 Å². The summed E-state index contributed by atoms with van der Waals surface area (Å²) >= 11 is 6.09. The van der Waals surface area contributed by atoms with Crippen LogP contribution in [-0.4, -0.2) is 43.2 Å². The van der Waals surface area contributed by atoms with Crippen molar-refractivity contribution in [2.45, 2.75) is 32.3 Å². The normalized spacial score (nSPS) is 21.7. The van der Waals surface area contributed by atoms with Gasteiger partial charge in [-0.15, -0.1) is 0 Å². The Morgan fingerprint density at radius 1 is 1.38 bits per heavy atom. The van der Waals surface area contributed by atoms with E-state index < -0.39 is 5.91 Å². The molecule has 0 aliphatic carbocycles. The third-order valence-corrected chi connectivity index (χ3v) is 5.25. The fourth-order valence-electron chi connectivity index (χ4n) is 3.47. The summed E-state index contributed by atoms with van der Waals surface area (Å²) in [5.41, 5.74) is 11.9. The molecule has 7 heteroatoms. The lowest BCUT2D eigenvalue weighted by Gasteiger charge is -2.35. The van der Waals surface area contributed by atoms with Gasteiger partial charge in [-0.3, -0.25) is 4.79 Å². The SMILES string of the molecule is CCN1CCC(CC2COc3c(C(N)=O)cc(Cl)c(N)c3O2)CC1. The Morgan fingerprint density at radius 3 is 2.71 bits per heavy atom. The molecule has 2 aliphatic heterocycles. The number of likely N-dealkylation sites (tertiary alicyclic amines) is 1. The number of nitrogen functional groups attached to an aromatic ring is 1. The smallest absolute Gasteiger partial charge is 0.252 e. The van der Waals surface area contributed by atoms with Crippen molar-refractivity contribution in [2.24, 2.45) is 11.7 Å². The average molecular weight is 354 g/mol. The highest BCUT2D eigenvalue weighted by Gasteiger charge is 2.31. The molecule has 0 spiro atoms. The van der Waals surface area contributed by atoms with Gasteiger partial charge < -0.3 is 25.8 Å². The molecule has 6 nitrogen and oxygen atoms in total. The van der Waals surface area contributed by atoms with Crippen LogP contribution in [0.2, 0.25) is 5.02 Å². The molecule has 1 saturated heterocycles. The predicted octanol–water partition coefficient (Wildman–Crippen LogP) is 2.28. The van der Waals surface area contributed by atoms with E-state index in [1.54, 1.807) is 0 Å². The molecule has 3 rings (SSSR count). The Morgan fingerprint density at radius 2 is 2.08 bits per heavy atom. The largest absolute Gasteiger partial charge is 0.485 e. The van der Waals surface area contributed by atoms with E-state index in [4.69, 9.17) is 32.5 Å². The lowest BCUT2D eigenvalue weighted by Crippen LogP contribution is -2.37. The summed E-state index contributed by atoms with van der Waals surface area (Å²) in [7, 11) is 0. The number of primary amides is 1. The molecule has 0 saturated carbocycles. The molecule has 1 atom stereocenters. The van der Waals surface area contributed by atoms with Crippen molar-refractivity contribution < 1.29 is 14.3 Å². The molecule has 132 valence electrons. The van der Waals surface area contributed by atoms with Crippen LogP contribution in [0.3, 0.4) is 0 Å². The van der Waals surface area contributed by atoms with Crippen molar-refractivity contribution >= 4 is 23.2 Å². The molecule has 1 unspecified atom stereocenters. The molecule has 24 heavy (non-hydrogen) atoms. The van der Waals surface area contributed by atoms with E-state index in [2.05, 4.69) is 11.8 Å². The minimum absolute atomic E-state index is 0.0860. The van der Waals surface area contributed by atoms with Gasteiger partial charge in [0.15, 0.2) is 11.5 Å². The van der Waals surface area contributed by atoms with Crippen molar-refractivity contribution in [3.05, 3.63) is 16.7 Å². The summed E-state index contributed by atoms with van der Waals surface area (Å²) in [5.74, 6) is 0.654. The molecule has 2 aliphatic rings. The summed E-state index contributed by atoms with van der Waals surface area (Å²) in [6, 6.07) is 1.43. The van der Waals surface area contributed by atoms with Gasteiger partial charge in [-0.2, -0.15) is 0 Å². The van der Waals surface area contributed by atoms with Crippen LogP contribution in [0, 0.1) is 5.92 Å². The molecular weight excluding hydrogens is 330 g/mol. The zero-order valence-electron chi connectivity index (χ0n) is 13.9. The van der Waals surface area contributed by atoms with E-state index in [-0.39, 0.29) is 16.7 Å². The van der Waals surface area contributed by atoms with E-state index in [1.807, 2.05) is 0 Å². The summed E-state index contributed by atoms with van der Waals surface area (Å²) in [4.78, 5) is 14.0. The molecule has 0 radical (unpaired) electrons. The Bertz CT molecular complexity index is 630. The van der Waals surface area contributed by atoms with Gasteiger partial charge in [0.1, 0.15) is 12.7 Å². The van der Waals surface area contributed by atoms with E-state index >= 15 is 0 Å². The first-order valence-corrected chi connectivity index (χ1v) is 8.81. The van der Waals surface area contributed by atoms with Gasteiger partial charge in [-0.25, -0.2) is 0 Å². The highest BCUT2D eigenvalue weighted by Crippen LogP contribution is 2.45. The maximum atomic E-state index is 11.6. The number of nitrogens with two attached hydrogens (primary N) is 2. The second-order valence-corrected chi connectivity index (χ2v) is 6.91. The Kier molecular flexibility index (Phi) is 5.06. The second kappa shape index (κ2) is 7.07. The zero-order valence-corrected chi connectivity index (χ0v) is 14.6. The molecule has 1 fully saturated rings. The van der Waals surface area contributed by atoms with Crippen molar-refractivity contribution in [1.29, 1.82) is 0 Å². The monoisotopic (exact) mass is 353 g/mol. The number of fused-ring (bicyclic) bond motifs is 1. The number of hydrogen-bond donors (Lipinski definition) is 2. The molecule has 4 N–H and O–H groups in total. The number of hydrogen-bond acceptors (Lipinski definition) is 5. The minimum Gasteiger partial charge on any atom is -0.485 e. The van der Waals surface area contributed by atoms with Gasteiger partial charge in [-0.1, -0.05) is 18.5 Å². The van der Waals surface area contributed by atoms with Crippen LogP contribution < -0.4 is 20.9 Å². The third-order valence-electron chi connectivity index (χ3n) is 4.94. The van der Waals surface area contributed by atoms with E-state index in [1.165, 1.54) is 6.07 Å². The summed E-state index contributed by atoms with van der Waals surface area (Å²) in [5, 5.41) is 0.253. The molecule has 1 aromatic rings. The number of anilines is 1. The number of rotatable bonds is 4. The first-order valence-electron chi connectivity index (χ1n) is 8.43. The molecule has 1 aromatic carbocycles. The van der Waals surface area contributed by atoms with Crippen LogP contribution in [0.1, 0.15) is 36.5 Å². The molecule has 0 aromatic heterocycles. The topological polar surface area (TPSA) is 90.8 Å². The Hall–Kier alpha value is -1.66. The second-order valence-electron chi connectivity index (χ2n) is 6.51. The van der Waals surface area contributed by atoms with Crippen LogP contribution in [-0.2, 0) is 0 Å². The lowest BCUT2D eigenvalue weighted by atomic mass is 9.91. The van der Waals surface area contributed by atoms with E-state index in [9.17, 15) is 4.79 Å². The van der Waals surface area contributed by atoms with E-state index in [0.717, 1.165) is 38.9 Å². The molecular formula is C17H24ClN3O3. The predicted molar refractivity (Wildman–Crippen MR) is 93.7 cm³/mol. The van der Waals surface area contributed by atoms with Gasteiger partial charge in [0.05, 0.1) is 16.3 Å². The highest BCUT2D eigenvalue weighted by molar-refractivity contribution is 6.34. The third kappa shape index (κ3) is 3.39. The number of piperidine rings is 1. The summed E-state index contributed by atoms with van der Waals surface area (Å²) in [6.45, 7) is 5.95. The first kappa shape index (κ1) is 17.2. The standard InChI is InChI=1S/C17H24ClN3O3/c1-2-21-5-3-10(4-6-21)7-11-9-23-15-12(17(20)22)8-13(18)14(19)16(15)24-11/h8,10-11H,2-7,9,19H2,1H3,(H2,20,22). The van der Waals surface area contributed by atoms with Gasteiger partial charge in [0, 0.05) is 0 Å².